The summed E-state index contributed by atoms with van der Waals surface area (Å²) in [5.41, 5.74) is 1.56. The molecule has 4 rings (SSSR count). The summed E-state index contributed by atoms with van der Waals surface area (Å²) in [5, 5.41) is 11.1. The van der Waals surface area contributed by atoms with Gasteiger partial charge in [0.15, 0.2) is 0 Å². The van der Waals surface area contributed by atoms with E-state index in [1.54, 1.807) is 0 Å². The lowest BCUT2D eigenvalue weighted by Crippen LogP contribution is -2.63. The third kappa shape index (κ3) is 2.26. The minimum Gasteiger partial charge on any atom is -0.481 e. The first-order valence-electron chi connectivity index (χ1n) is 8.64. The number of hydrogen-bond donors (Lipinski definition) is 1. The van der Waals surface area contributed by atoms with Gasteiger partial charge in [-0.25, -0.2) is 0 Å². The van der Waals surface area contributed by atoms with Crippen LogP contribution in [0.1, 0.15) is 19.3 Å². The van der Waals surface area contributed by atoms with Crippen LogP contribution < -0.4 is 4.90 Å². The Morgan fingerprint density at radius 1 is 1.25 bits per heavy atom. The van der Waals surface area contributed by atoms with Crippen LogP contribution in [0.3, 0.4) is 0 Å². The number of carboxylic acids is 1. The van der Waals surface area contributed by atoms with Crippen molar-refractivity contribution in [2.24, 2.45) is 5.41 Å². The average Bonchev–Trinajstić information content (AvgIpc) is 2.61. The summed E-state index contributed by atoms with van der Waals surface area (Å²) < 4.78 is 0. The van der Waals surface area contributed by atoms with E-state index in [0.717, 1.165) is 43.4 Å². The highest BCUT2D eigenvalue weighted by molar-refractivity contribution is 5.91. The maximum Gasteiger partial charge on any atom is 0.311 e. The van der Waals surface area contributed by atoms with Gasteiger partial charge in [0.25, 0.3) is 0 Å². The molecule has 2 atom stereocenters. The van der Waals surface area contributed by atoms with Gasteiger partial charge in [-0.1, -0.05) is 18.2 Å². The summed E-state index contributed by atoms with van der Waals surface area (Å²) in [6.07, 6.45) is 4.31. The molecule has 2 aliphatic rings. The van der Waals surface area contributed by atoms with Gasteiger partial charge in [0.05, 0.1) is 10.9 Å². The molecule has 0 aliphatic carbocycles. The van der Waals surface area contributed by atoms with Gasteiger partial charge in [-0.05, 0) is 45.0 Å². The maximum absolute atomic E-state index is 12.1. The second-order valence-corrected chi connectivity index (χ2v) is 7.10. The third-order valence-electron chi connectivity index (χ3n) is 5.92. The molecule has 126 valence electrons. The van der Waals surface area contributed by atoms with Crippen LogP contribution in [0.4, 0.5) is 5.69 Å². The normalized spacial score (nSPS) is 27.9. The van der Waals surface area contributed by atoms with E-state index in [2.05, 4.69) is 34.0 Å². The van der Waals surface area contributed by atoms with Crippen molar-refractivity contribution >= 4 is 22.6 Å². The lowest BCUT2D eigenvalue weighted by atomic mass is 9.68. The highest BCUT2D eigenvalue weighted by atomic mass is 16.4. The third-order valence-corrected chi connectivity index (χ3v) is 5.92. The van der Waals surface area contributed by atoms with Crippen molar-refractivity contribution in [1.82, 2.24) is 9.88 Å². The van der Waals surface area contributed by atoms with E-state index in [4.69, 9.17) is 0 Å². The van der Waals surface area contributed by atoms with E-state index in [0.29, 0.717) is 6.42 Å². The number of benzene rings is 1. The number of pyridine rings is 1. The number of piperidine rings is 2. The summed E-state index contributed by atoms with van der Waals surface area (Å²) in [6.45, 7) is 2.52. The Morgan fingerprint density at radius 3 is 2.92 bits per heavy atom. The van der Waals surface area contributed by atoms with Gasteiger partial charge in [0.1, 0.15) is 0 Å². The Balaban J connectivity index is 1.71. The summed E-state index contributed by atoms with van der Waals surface area (Å²) in [4.78, 5) is 21.1. The number of carboxylic acid groups (broad SMARTS) is 1. The molecule has 3 heterocycles. The zero-order valence-electron chi connectivity index (χ0n) is 14.0. The van der Waals surface area contributed by atoms with Crippen LogP contribution in [0.15, 0.2) is 36.5 Å². The predicted octanol–water partition coefficient (Wildman–Crippen LogP) is 2.61. The predicted molar refractivity (Wildman–Crippen MR) is 94.3 cm³/mol. The molecule has 1 aromatic carbocycles. The summed E-state index contributed by atoms with van der Waals surface area (Å²) >= 11 is 0. The summed E-state index contributed by atoms with van der Waals surface area (Å²) in [5.74, 6) is -0.627. The fourth-order valence-corrected chi connectivity index (χ4v) is 4.56. The van der Waals surface area contributed by atoms with E-state index < -0.39 is 11.4 Å². The van der Waals surface area contributed by atoms with E-state index in [1.165, 1.54) is 5.69 Å². The Labute approximate surface area is 141 Å². The molecular formula is C19H23N3O2. The minimum atomic E-state index is -0.627. The SMILES string of the molecule is CN1CCC[C@]2(C(=O)O)CCN(c3ccnc4ccccc34)C[C@@H]12. The maximum atomic E-state index is 12.1. The molecule has 2 saturated heterocycles. The highest BCUT2D eigenvalue weighted by Crippen LogP contribution is 2.43. The lowest BCUT2D eigenvalue weighted by molar-refractivity contribution is -0.158. The van der Waals surface area contributed by atoms with Crippen LogP contribution in [0.2, 0.25) is 0 Å². The number of fused-ring (bicyclic) bond motifs is 2. The molecule has 1 aromatic heterocycles. The molecule has 0 bridgehead atoms. The quantitative estimate of drug-likeness (QED) is 0.920. The van der Waals surface area contributed by atoms with Gasteiger partial charge >= 0.3 is 5.97 Å². The van der Waals surface area contributed by atoms with Crippen LogP contribution in [-0.2, 0) is 4.79 Å². The number of rotatable bonds is 2. The fraction of sp³-hybridized carbons (Fsp3) is 0.474. The molecule has 0 unspecified atom stereocenters. The number of aromatic nitrogens is 1. The average molecular weight is 325 g/mol. The monoisotopic (exact) mass is 325 g/mol. The Morgan fingerprint density at radius 2 is 2.08 bits per heavy atom. The zero-order chi connectivity index (χ0) is 16.7. The molecule has 5 nitrogen and oxygen atoms in total. The number of carbonyl (C=O) groups is 1. The molecule has 1 N–H and O–H groups in total. The number of aliphatic carboxylic acids is 1. The van der Waals surface area contributed by atoms with Crippen molar-refractivity contribution in [1.29, 1.82) is 0 Å². The van der Waals surface area contributed by atoms with Gasteiger partial charge in [-0.3, -0.25) is 9.78 Å². The van der Waals surface area contributed by atoms with Crippen LogP contribution in [-0.4, -0.2) is 53.7 Å². The van der Waals surface area contributed by atoms with Gasteiger partial charge in [-0.2, -0.15) is 0 Å². The fourth-order valence-electron chi connectivity index (χ4n) is 4.56. The smallest absolute Gasteiger partial charge is 0.311 e. The van der Waals surface area contributed by atoms with Crippen LogP contribution in [0.5, 0.6) is 0 Å². The number of anilines is 1. The standard InChI is InChI=1S/C19H23N3O2/c1-21-11-4-8-19(18(23)24)9-12-22(13-17(19)21)16-7-10-20-15-6-3-2-5-14(15)16/h2-3,5-7,10,17H,4,8-9,11-13H2,1H3,(H,23,24)/t17-,19+/m1/s1. The summed E-state index contributed by atoms with van der Waals surface area (Å²) in [6, 6.07) is 10.3. The van der Waals surface area contributed by atoms with Crippen molar-refractivity contribution in [3.63, 3.8) is 0 Å². The molecule has 24 heavy (non-hydrogen) atoms. The van der Waals surface area contributed by atoms with E-state index >= 15 is 0 Å². The molecule has 5 heteroatoms. The molecule has 2 aliphatic heterocycles. The van der Waals surface area contributed by atoms with Crippen molar-refractivity contribution in [3.8, 4) is 0 Å². The second kappa shape index (κ2) is 5.74. The first kappa shape index (κ1) is 15.4. The van der Waals surface area contributed by atoms with Gasteiger partial charge in [0.2, 0.25) is 0 Å². The second-order valence-electron chi connectivity index (χ2n) is 7.10. The minimum absolute atomic E-state index is 0.0597. The van der Waals surface area contributed by atoms with E-state index in [9.17, 15) is 9.90 Å². The first-order valence-corrected chi connectivity index (χ1v) is 8.64. The van der Waals surface area contributed by atoms with Crippen molar-refractivity contribution in [2.75, 3.05) is 31.6 Å². The van der Waals surface area contributed by atoms with Gasteiger partial charge in [-0.15, -0.1) is 0 Å². The molecule has 0 amide bonds. The topological polar surface area (TPSA) is 56.7 Å². The first-order chi connectivity index (χ1) is 11.6. The molecule has 0 saturated carbocycles. The Hall–Kier alpha value is -2.14. The van der Waals surface area contributed by atoms with Crippen molar-refractivity contribution in [2.45, 2.75) is 25.3 Å². The number of hydrogen-bond acceptors (Lipinski definition) is 4. The molecule has 0 spiro atoms. The lowest BCUT2D eigenvalue weighted by Gasteiger charge is -2.52. The van der Waals surface area contributed by atoms with Crippen LogP contribution in [0.25, 0.3) is 10.9 Å². The Bertz CT molecular complexity index is 773. The van der Waals surface area contributed by atoms with E-state index in [1.807, 2.05) is 24.4 Å². The Kier molecular flexibility index (Phi) is 3.68. The van der Waals surface area contributed by atoms with E-state index in [-0.39, 0.29) is 6.04 Å². The molecule has 0 radical (unpaired) electrons. The van der Waals surface area contributed by atoms with Gasteiger partial charge in [0, 0.05) is 36.4 Å². The highest BCUT2D eigenvalue weighted by Gasteiger charge is 2.52. The van der Waals surface area contributed by atoms with Crippen LogP contribution >= 0.6 is 0 Å². The number of likely N-dealkylation sites (N-methyl/N-ethyl adjacent to an activating group) is 1. The number of para-hydroxylation sites is 1. The van der Waals surface area contributed by atoms with Crippen molar-refractivity contribution < 1.29 is 9.90 Å². The molecule has 2 aromatic rings. The largest absolute Gasteiger partial charge is 0.481 e. The molecular weight excluding hydrogens is 302 g/mol. The van der Waals surface area contributed by atoms with Crippen molar-refractivity contribution in [3.05, 3.63) is 36.5 Å². The number of nitrogens with zero attached hydrogens (tertiary/aromatic N) is 3. The summed E-state index contributed by atoms with van der Waals surface area (Å²) in [7, 11) is 2.07. The zero-order valence-corrected chi connectivity index (χ0v) is 14.0. The number of likely N-dealkylation sites (tertiary alicyclic amines) is 1. The molecule has 2 fully saturated rings. The van der Waals surface area contributed by atoms with Crippen LogP contribution in [0, 0.1) is 5.41 Å². The van der Waals surface area contributed by atoms with Gasteiger partial charge < -0.3 is 14.9 Å².